The predicted octanol–water partition coefficient (Wildman–Crippen LogP) is 3.23. The van der Waals surface area contributed by atoms with Crippen LogP contribution in [0.5, 0.6) is 11.5 Å². The summed E-state index contributed by atoms with van der Waals surface area (Å²) in [7, 11) is 0. The molecule has 19 heavy (non-hydrogen) atoms. The number of ether oxygens (including phenoxy) is 2. The molecule has 0 spiro atoms. The third-order valence-corrected chi connectivity index (χ3v) is 2.49. The fraction of sp³-hybridized carbons (Fsp3) is 0.571. The summed E-state index contributed by atoms with van der Waals surface area (Å²) in [5.41, 5.74) is 1.03. The Morgan fingerprint density at radius 2 is 1.95 bits per heavy atom. The van der Waals surface area contributed by atoms with E-state index in [1.165, 1.54) is 6.07 Å². The van der Waals surface area contributed by atoms with Gasteiger partial charge in [0.1, 0.15) is 0 Å². The largest absolute Gasteiger partial charge is 0.490 e. The molecule has 3 nitrogen and oxygen atoms in total. The molecule has 0 saturated heterocycles. The maximum Gasteiger partial charge on any atom is 0.387 e. The monoisotopic (exact) mass is 273 g/mol. The third-order valence-electron chi connectivity index (χ3n) is 2.49. The molecule has 1 aromatic carbocycles. The van der Waals surface area contributed by atoms with Gasteiger partial charge >= 0.3 is 6.61 Å². The van der Waals surface area contributed by atoms with Crippen LogP contribution in [-0.4, -0.2) is 25.8 Å². The van der Waals surface area contributed by atoms with Crippen molar-refractivity contribution in [1.29, 1.82) is 0 Å². The van der Waals surface area contributed by atoms with Crippen LogP contribution in [0, 0.1) is 0 Å². The summed E-state index contributed by atoms with van der Waals surface area (Å²) in [6.45, 7) is 4.36. The van der Waals surface area contributed by atoms with Crippen LogP contribution in [0.15, 0.2) is 18.2 Å². The van der Waals surface area contributed by atoms with Crippen LogP contribution in [0.3, 0.4) is 0 Å². The minimum Gasteiger partial charge on any atom is -0.490 e. The fourth-order valence-corrected chi connectivity index (χ4v) is 1.67. The highest BCUT2D eigenvalue weighted by molar-refractivity contribution is 5.43. The molecule has 0 atom stereocenters. The molecule has 0 fully saturated rings. The lowest BCUT2D eigenvalue weighted by Gasteiger charge is -2.13. The second kappa shape index (κ2) is 7.94. The molecule has 0 aliphatic carbocycles. The minimum absolute atomic E-state index is 0.0809. The highest BCUT2D eigenvalue weighted by Crippen LogP contribution is 2.29. The molecule has 0 saturated carbocycles. The Morgan fingerprint density at radius 3 is 2.53 bits per heavy atom. The lowest BCUT2D eigenvalue weighted by molar-refractivity contribution is -0.0514. The number of rotatable bonds is 8. The van der Waals surface area contributed by atoms with E-state index in [1.807, 2.05) is 0 Å². The van der Waals surface area contributed by atoms with Gasteiger partial charge in [-0.15, -0.1) is 0 Å². The first-order valence-electron chi connectivity index (χ1n) is 6.46. The zero-order chi connectivity index (χ0) is 14.3. The van der Waals surface area contributed by atoms with Gasteiger partial charge in [-0.1, -0.05) is 19.9 Å². The van der Waals surface area contributed by atoms with E-state index in [0.29, 0.717) is 18.4 Å². The van der Waals surface area contributed by atoms with Gasteiger partial charge in [0, 0.05) is 6.04 Å². The van der Waals surface area contributed by atoms with Gasteiger partial charge in [0.15, 0.2) is 11.5 Å². The number of halogens is 2. The molecule has 0 unspecified atom stereocenters. The van der Waals surface area contributed by atoms with Gasteiger partial charge in [0.2, 0.25) is 0 Å². The second-order valence-corrected chi connectivity index (χ2v) is 4.45. The van der Waals surface area contributed by atoms with Crippen molar-refractivity contribution in [3.8, 4) is 11.5 Å². The van der Waals surface area contributed by atoms with Gasteiger partial charge in [-0.2, -0.15) is 8.78 Å². The molecule has 108 valence electrons. The van der Waals surface area contributed by atoms with Gasteiger partial charge in [0.05, 0.1) is 6.61 Å². The van der Waals surface area contributed by atoms with E-state index < -0.39 is 6.61 Å². The van der Waals surface area contributed by atoms with Crippen LogP contribution < -0.4 is 14.8 Å². The van der Waals surface area contributed by atoms with Crippen molar-refractivity contribution in [2.75, 3.05) is 13.2 Å². The highest BCUT2D eigenvalue weighted by Gasteiger charge is 2.11. The standard InChI is InChI=1S/C14H21F2NO2/c1-4-18-13-9-11(7-8-17-10(2)3)5-6-12(13)19-14(15)16/h5-6,9-10,14,17H,4,7-8H2,1-3H3. The first kappa shape index (κ1) is 15.7. The van der Waals surface area contributed by atoms with Gasteiger partial charge in [-0.25, -0.2) is 0 Å². The SMILES string of the molecule is CCOc1cc(CCNC(C)C)ccc1OC(F)F. The van der Waals surface area contributed by atoms with Crippen LogP contribution in [-0.2, 0) is 6.42 Å². The molecule has 5 heteroatoms. The van der Waals surface area contributed by atoms with E-state index in [2.05, 4.69) is 23.9 Å². The topological polar surface area (TPSA) is 30.5 Å². The van der Waals surface area contributed by atoms with Crippen molar-refractivity contribution in [1.82, 2.24) is 5.32 Å². The summed E-state index contributed by atoms with van der Waals surface area (Å²) in [6, 6.07) is 5.49. The summed E-state index contributed by atoms with van der Waals surface area (Å²) in [4.78, 5) is 0. The Labute approximate surface area is 112 Å². The van der Waals surface area contributed by atoms with Crippen molar-refractivity contribution < 1.29 is 18.3 Å². The number of nitrogens with one attached hydrogen (secondary N) is 1. The van der Waals surface area contributed by atoms with Gasteiger partial charge in [-0.05, 0) is 37.6 Å². The molecular formula is C14H21F2NO2. The zero-order valence-corrected chi connectivity index (χ0v) is 11.6. The third kappa shape index (κ3) is 5.87. The number of hydrogen-bond donors (Lipinski definition) is 1. The lowest BCUT2D eigenvalue weighted by Crippen LogP contribution is -2.24. The van der Waals surface area contributed by atoms with Gasteiger partial charge in [0.25, 0.3) is 0 Å². The lowest BCUT2D eigenvalue weighted by atomic mass is 10.1. The minimum atomic E-state index is -2.84. The Kier molecular flexibility index (Phi) is 6.56. The summed E-state index contributed by atoms with van der Waals surface area (Å²) in [5, 5.41) is 3.30. The number of benzene rings is 1. The Hall–Kier alpha value is -1.36. The fourth-order valence-electron chi connectivity index (χ4n) is 1.67. The molecule has 1 rings (SSSR count). The summed E-state index contributed by atoms with van der Waals surface area (Å²) in [6.07, 6.45) is 0.813. The van der Waals surface area contributed by atoms with Crippen LogP contribution in [0.4, 0.5) is 8.78 Å². The Balaban J connectivity index is 2.71. The van der Waals surface area contributed by atoms with Crippen molar-refractivity contribution >= 4 is 0 Å². The second-order valence-electron chi connectivity index (χ2n) is 4.45. The van der Waals surface area contributed by atoms with E-state index in [9.17, 15) is 8.78 Å². The molecule has 0 aromatic heterocycles. The van der Waals surface area contributed by atoms with Crippen molar-refractivity contribution in [2.45, 2.75) is 39.8 Å². The van der Waals surface area contributed by atoms with Crippen LogP contribution in [0.2, 0.25) is 0 Å². The highest BCUT2D eigenvalue weighted by atomic mass is 19.3. The van der Waals surface area contributed by atoms with Crippen LogP contribution in [0.25, 0.3) is 0 Å². The first-order chi connectivity index (χ1) is 9.02. The molecule has 0 amide bonds. The van der Waals surface area contributed by atoms with E-state index in [0.717, 1.165) is 18.5 Å². The zero-order valence-electron chi connectivity index (χ0n) is 11.6. The van der Waals surface area contributed by atoms with Crippen LogP contribution >= 0.6 is 0 Å². The maximum absolute atomic E-state index is 12.2. The number of hydrogen-bond acceptors (Lipinski definition) is 3. The van der Waals surface area contributed by atoms with E-state index in [4.69, 9.17) is 4.74 Å². The average Bonchev–Trinajstić information content (AvgIpc) is 2.31. The normalized spacial score (nSPS) is 11.1. The molecule has 0 bridgehead atoms. The Bertz CT molecular complexity index is 384. The number of alkyl halides is 2. The van der Waals surface area contributed by atoms with Crippen molar-refractivity contribution in [2.24, 2.45) is 0 Å². The van der Waals surface area contributed by atoms with E-state index in [1.54, 1.807) is 19.1 Å². The summed E-state index contributed by atoms with van der Waals surface area (Å²) >= 11 is 0. The van der Waals surface area contributed by atoms with Gasteiger partial charge in [-0.3, -0.25) is 0 Å². The smallest absolute Gasteiger partial charge is 0.387 e. The Morgan fingerprint density at radius 1 is 1.21 bits per heavy atom. The molecule has 0 heterocycles. The molecule has 1 aromatic rings. The molecule has 0 aliphatic rings. The van der Waals surface area contributed by atoms with Crippen molar-refractivity contribution in [3.05, 3.63) is 23.8 Å². The molecular weight excluding hydrogens is 252 g/mol. The average molecular weight is 273 g/mol. The molecule has 0 aliphatic heterocycles. The predicted molar refractivity (Wildman–Crippen MR) is 71.1 cm³/mol. The summed E-state index contributed by atoms with van der Waals surface area (Å²) in [5.74, 6) is 0.447. The first-order valence-corrected chi connectivity index (χ1v) is 6.46. The summed E-state index contributed by atoms with van der Waals surface area (Å²) < 4.78 is 34.2. The molecule has 0 radical (unpaired) electrons. The molecule has 1 N–H and O–H groups in total. The van der Waals surface area contributed by atoms with E-state index in [-0.39, 0.29) is 5.75 Å². The van der Waals surface area contributed by atoms with Crippen molar-refractivity contribution in [3.63, 3.8) is 0 Å². The quantitative estimate of drug-likeness (QED) is 0.789. The van der Waals surface area contributed by atoms with Gasteiger partial charge < -0.3 is 14.8 Å². The maximum atomic E-state index is 12.2. The van der Waals surface area contributed by atoms with Crippen LogP contribution in [0.1, 0.15) is 26.3 Å². The van der Waals surface area contributed by atoms with E-state index >= 15 is 0 Å².